The molecule has 0 fully saturated rings. The van der Waals surface area contributed by atoms with Crippen molar-refractivity contribution in [2.24, 2.45) is 0 Å². The summed E-state index contributed by atoms with van der Waals surface area (Å²) in [5.41, 5.74) is -0.0251. The van der Waals surface area contributed by atoms with E-state index in [-0.39, 0.29) is 18.0 Å². The highest BCUT2D eigenvalue weighted by molar-refractivity contribution is 5.81. The Balaban J connectivity index is 4.10. The molecular formula is C12H24N2O3. The number of amides is 1. The summed E-state index contributed by atoms with van der Waals surface area (Å²) in [7, 11) is 0. The normalized spacial score (nSPS) is 11.3. The fraction of sp³-hybridized carbons (Fsp3) is 0.833. The van der Waals surface area contributed by atoms with Crippen LogP contribution >= 0.6 is 0 Å². The van der Waals surface area contributed by atoms with Gasteiger partial charge in [0.1, 0.15) is 6.54 Å². The van der Waals surface area contributed by atoms with Crippen molar-refractivity contribution >= 4 is 11.9 Å². The Hall–Kier alpha value is -1.10. The first-order chi connectivity index (χ1) is 7.76. The Kier molecular flexibility index (Phi) is 6.80. The summed E-state index contributed by atoms with van der Waals surface area (Å²) in [4.78, 5) is 23.8. The molecule has 0 unspecified atom stereocenters. The molecule has 100 valence electrons. The first-order valence-corrected chi connectivity index (χ1v) is 6.01. The minimum absolute atomic E-state index is 0.0251. The van der Waals surface area contributed by atoms with Crippen LogP contribution in [-0.4, -0.2) is 47.1 Å². The van der Waals surface area contributed by atoms with Gasteiger partial charge in [0.15, 0.2) is 0 Å². The molecule has 0 radical (unpaired) electrons. The van der Waals surface area contributed by atoms with E-state index < -0.39 is 5.97 Å². The summed E-state index contributed by atoms with van der Waals surface area (Å²) < 4.78 is 0. The summed E-state index contributed by atoms with van der Waals surface area (Å²) >= 11 is 0. The summed E-state index contributed by atoms with van der Waals surface area (Å²) in [5, 5.41) is 11.9. The fourth-order valence-corrected chi connectivity index (χ4v) is 1.43. The Morgan fingerprint density at radius 1 is 1.29 bits per heavy atom. The van der Waals surface area contributed by atoms with Crippen molar-refractivity contribution in [1.29, 1.82) is 0 Å². The predicted molar refractivity (Wildman–Crippen MR) is 66.9 cm³/mol. The Labute approximate surface area is 103 Å². The van der Waals surface area contributed by atoms with E-state index in [1.807, 2.05) is 27.7 Å². The van der Waals surface area contributed by atoms with Gasteiger partial charge in [-0.3, -0.25) is 9.59 Å². The molecule has 0 atom stereocenters. The van der Waals surface area contributed by atoms with Crippen LogP contribution in [0, 0.1) is 0 Å². The van der Waals surface area contributed by atoms with Gasteiger partial charge in [-0.05, 0) is 27.2 Å². The van der Waals surface area contributed by atoms with E-state index in [4.69, 9.17) is 5.11 Å². The minimum atomic E-state index is -0.962. The van der Waals surface area contributed by atoms with Crippen molar-refractivity contribution in [3.63, 3.8) is 0 Å². The van der Waals surface area contributed by atoms with Gasteiger partial charge in [0.25, 0.3) is 0 Å². The first-order valence-electron chi connectivity index (χ1n) is 6.01. The van der Waals surface area contributed by atoms with E-state index in [0.29, 0.717) is 19.5 Å². The second-order valence-corrected chi connectivity index (χ2v) is 5.14. The maximum atomic E-state index is 11.8. The van der Waals surface area contributed by atoms with E-state index >= 15 is 0 Å². The molecule has 0 saturated heterocycles. The average molecular weight is 244 g/mol. The van der Waals surface area contributed by atoms with Crippen molar-refractivity contribution in [3.05, 3.63) is 0 Å². The van der Waals surface area contributed by atoms with E-state index in [9.17, 15) is 9.59 Å². The van der Waals surface area contributed by atoms with Crippen LogP contribution in [0.5, 0.6) is 0 Å². The maximum absolute atomic E-state index is 11.8. The molecule has 5 nitrogen and oxygen atoms in total. The quantitative estimate of drug-likeness (QED) is 0.703. The lowest BCUT2D eigenvalue weighted by molar-refractivity contribution is -0.144. The molecule has 0 aliphatic rings. The molecule has 0 aromatic carbocycles. The number of aliphatic carboxylic acids is 1. The largest absolute Gasteiger partial charge is 0.480 e. The highest BCUT2D eigenvalue weighted by atomic mass is 16.4. The summed E-state index contributed by atoms with van der Waals surface area (Å²) in [6, 6.07) is 0. The molecule has 1 amide bonds. The third-order valence-electron chi connectivity index (χ3n) is 2.17. The summed E-state index contributed by atoms with van der Waals surface area (Å²) in [6.07, 6.45) is 1.11. The third kappa shape index (κ3) is 8.68. The lowest BCUT2D eigenvalue weighted by Gasteiger charge is -2.23. The fourth-order valence-electron chi connectivity index (χ4n) is 1.43. The van der Waals surface area contributed by atoms with E-state index in [0.717, 1.165) is 6.42 Å². The van der Waals surface area contributed by atoms with Gasteiger partial charge in [0.05, 0.1) is 0 Å². The van der Waals surface area contributed by atoms with Crippen LogP contribution in [0.1, 0.15) is 40.5 Å². The van der Waals surface area contributed by atoms with Gasteiger partial charge in [0, 0.05) is 25.0 Å². The number of nitrogens with zero attached hydrogens (tertiary/aromatic N) is 1. The number of hydrogen-bond acceptors (Lipinski definition) is 3. The number of carboxylic acids is 1. The van der Waals surface area contributed by atoms with Gasteiger partial charge in [-0.15, -0.1) is 0 Å². The lowest BCUT2D eigenvalue weighted by atomic mass is 10.1. The van der Waals surface area contributed by atoms with Gasteiger partial charge >= 0.3 is 5.97 Å². The molecule has 2 N–H and O–H groups in total. The summed E-state index contributed by atoms with van der Waals surface area (Å²) in [6.45, 7) is 8.87. The third-order valence-corrected chi connectivity index (χ3v) is 2.17. The topological polar surface area (TPSA) is 69.6 Å². The standard InChI is InChI=1S/C12H24N2O3/c1-5-8-14(9-11(16)17)10(15)6-7-13-12(2,3)4/h13H,5-9H2,1-4H3,(H,16,17). The van der Waals surface area contributed by atoms with E-state index in [1.54, 1.807) is 0 Å². The molecule has 0 heterocycles. The van der Waals surface area contributed by atoms with Crippen molar-refractivity contribution in [2.75, 3.05) is 19.6 Å². The number of carboxylic acid groups (broad SMARTS) is 1. The molecule has 0 aliphatic carbocycles. The molecule has 17 heavy (non-hydrogen) atoms. The molecular weight excluding hydrogens is 220 g/mol. The Morgan fingerprint density at radius 3 is 2.29 bits per heavy atom. The van der Waals surface area contributed by atoms with E-state index in [2.05, 4.69) is 5.32 Å². The van der Waals surface area contributed by atoms with Crippen LogP contribution in [0.2, 0.25) is 0 Å². The van der Waals surface area contributed by atoms with Crippen molar-refractivity contribution in [1.82, 2.24) is 10.2 Å². The molecule has 5 heteroatoms. The predicted octanol–water partition coefficient (Wildman–Crippen LogP) is 1.09. The minimum Gasteiger partial charge on any atom is -0.480 e. The number of hydrogen-bond donors (Lipinski definition) is 2. The van der Waals surface area contributed by atoms with Crippen LogP contribution < -0.4 is 5.32 Å². The summed E-state index contributed by atoms with van der Waals surface area (Å²) in [5.74, 6) is -1.07. The first kappa shape index (κ1) is 15.9. The zero-order chi connectivity index (χ0) is 13.5. The second-order valence-electron chi connectivity index (χ2n) is 5.14. The maximum Gasteiger partial charge on any atom is 0.323 e. The monoisotopic (exact) mass is 244 g/mol. The lowest BCUT2D eigenvalue weighted by Crippen LogP contribution is -2.41. The van der Waals surface area contributed by atoms with Crippen molar-refractivity contribution < 1.29 is 14.7 Å². The highest BCUT2D eigenvalue weighted by Gasteiger charge is 2.16. The van der Waals surface area contributed by atoms with Crippen LogP contribution in [-0.2, 0) is 9.59 Å². The number of carbonyl (C=O) groups is 2. The molecule has 0 saturated carbocycles. The molecule has 0 bridgehead atoms. The van der Waals surface area contributed by atoms with Gasteiger partial charge < -0.3 is 15.3 Å². The zero-order valence-corrected chi connectivity index (χ0v) is 11.2. The second kappa shape index (κ2) is 7.27. The van der Waals surface area contributed by atoms with E-state index in [1.165, 1.54) is 4.90 Å². The highest BCUT2D eigenvalue weighted by Crippen LogP contribution is 2.00. The Bertz CT molecular complexity index is 259. The molecule has 0 spiro atoms. The van der Waals surface area contributed by atoms with Gasteiger partial charge in [-0.25, -0.2) is 0 Å². The average Bonchev–Trinajstić information content (AvgIpc) is 2.14. The van der Waals surface area contributed by atoms with Crippen LogP contribution in [0.15, 0.2) is 0 Å². The number of carbonyl (C=O) groups excluding carboxylic acids is 1. The number of rotatable bonds is 7. The zero-order valence-electron chi connectivity index (χ0n) is 11.2. The molecule has 0 aromatic heterocycles. The van der Waals surface area contributed by atoms with Gasteiger partial charge in [0.2, 0.25) is 5.91 Å². The number of nitrogens with one attached hydrogen (secondary N) is 1. The van der Waals surface area contributed by atoms with Crippen LogP contribution in [0.25, 0.3) is 0 Å². The Morgan fingerprint density at radius 2 is 1.88 bits per heavy atom. The van der Waals surface area contributed by atoms with Gasteiger partial charge in [-0.2, -0.15) is 0 Å². The van der Waals surface area contributed by atoms with Crippen molar-refractivity contribution in [3.8, 4) is 0 Å². The van der Waals surface area contributed by atoms with Gasteiger partial charge in [-0.1, -0.05) is 6.92 Å². The van der Waals surface area contributed by atoms with Crippen LogP contribution in [0.4, 0.5) is 0 Å². The van der Waals surface area contributed by atoms with Crippen LogP contribution in [0.3, 0.4) is 0 Å². The van der Waals surface area contributed by atoms with Crippen molar-refractivity contribution in [2.45, 2.75) is 46.1 Å². The smallest absolute Gasteiger partial charge is 0.323 e. The molecule has 0 aromatic rings. The SMILES string of the molecule is CCCN(CC(=O)O)C(=O)CCNC(C)(C)C. The molecule has 0 rings (SSSR count). The molecule has 0 aliphatic heterocycles.